The summed E-state index contributed by atoms with van der Waals surface area (Å²) < 4.78 is 23.6. The van der Waals surface area contributed by atoms with Crippen LogP contribution in [0.1, 0.15) is 48.9 Å². The van der Waals surface area contributed by atoms with Gasteiger partial charge in [0.15, 0.2) is 11.2 Å². The zero-order chi connectivity index (χ0) is 36.0. The Kier molecular flexibility index (Phi) is 13.5. The first-order chi connectivity index (χ1) is 24.2. The summed E-state index contributed by atoms with van der Waals surface area (Å²) in [6.45, 7) is 3.42. The Morgan fingerprint density at radius 2 is 0.920 bits per heavy atom. The van der Waals surface area contributed by atoms with E-state index in [1.165, 1.54) is 0 Å². The van der Waals surface area contributed by atoms with Gasteiger partial charge in [-0.25, -0.2) is 9.59 Å². The van der Waals surface area contributed by atoms with Gasteiger partial charge in [0.25, 0.3) is 0 Å². The molecular formula is C42H46O8. The first-order valence-corrected chi connectivity index (χ1v) is 16.7. The average molecular weight is 679 g/mol. The Balaban J connectivity index is 1.91. The quantitative estimate of drug-likeness (QED) is 0.102. The molecule has 4 rings (SSSR count). The van der Waals surface area contributed by atoms with E-state index in [9.17, 15) is 19.8 Å². The number of benzene rings is 4. The first kappa shape index (κ1) is 37.6. The van der Waals surface area contributed by atoms with Crippen LogP contribution >= 0.6 is 0 Å². The zero-order valence-electron chi connectivity index (χ0n) is 29.0. The molecule has 8 nitrogen and oxygen atoms in total. The summed E-state index contributed by atoms with van der Waals surface area (Å²) in [5, 5.41) is 22.2. The SMILES string of the molecule is CCC(OCc1ccc(OC)cc1)(C(=O)O)C(/C=C/c1ccccc1)C(/C=C/c1ccccc1)C(CC)(OCc1ccc(OC)cc1)C(=O)O. The molecule has 0 aliphatic heterocycles. The highest BCUT2D eigenvalue weighted by Gasteiger charge is 2.56. The van der Waals surface area contributed by atoms with Crippen LogP contribution in [0.25, 0.3) is 12.2 Å². The minimum Gasteiger partial charge on any atom is -0.497 e. The maximum Gasteiger partial charge on any atom is 0.336 e. The molecule has 0 aliphatic rings. The average Bonchev–Trinajstić information content (AvgIpc) is 3.15. The molecule has 4 aromatic rings. The Labute approximate surface area is 294 Å². The fourth-order valence-corrected chi connectivity index (χ4v) is 6.14. The summed E-state index contributed by atoms with van der Waals surface area (Å²) in [7, 11) is 3.15. The van der Waals surface area contributed by atoms with Crippen molar-refractivity contribution in [2.24, 2.45) is 11.8 Å². The van der Waals surface area contributed by atoms with E-state index in [4.69, 9.17) is 18.9 Å². The van der Waals surface area contributed by atoms with Crippen LogP contribution in [0.3, 0.4) is 0 Å². The number of rotatable bonds is 19. The van der Waals surface area contributed by atoms with E-state index >= 15 is 0 Å². The molecule has 2 N–H and O–H groups in total. The second-order valence-electron chi connectivity index (χ2n) is 12.0. The number of ether oxygens (including phenoxy) is 4. The lowest BCUT2D eigenvalue weighted by atomic mass is 9.67. The molecule has 4 atom stereocenters. The van der Waals surface area contributed by atoms with Crippen LogP contribution < -0.4 is 9.47 Å². The van der Waals surface area contributed by atoms with Crippen molar-refractivity contribution in [2.75, 3.05) is 14.2 Å². The molecule has 0 amide bonds. The van der Waals surface area contributed by atoms with Gasteiger partial charge in [0.05, 0.1) is 27.4 Å². The van der Waals surface area contributed by atoms with Crippen molar-refractivity contribution in [2.45, 2.75) is 51.1 Å². The molecule has 4 aromatic carbocycles. The third-order valence-electron chi connectivity index (χ3n) is 9.14. The van der Waals surface area contributed by atoms with Crippen LogP contribution in [0, 0.1) is 11.8 Å². The largest absolute Gasteiger partial charge is 0.497 e. The first-order valence-electron chi connectivity index (χ1n) is 16.7. The van der Waals surface area contributed by atoms with Gasteiger partial charge in [-0.05, 0) is 59.4 Å². The lowest BCUT2D eigenvalue weighted by molar-refractivity contribution is -0.196. The Hall–Kier alpha value is -5.18. The molecule has 0 aromatic heterocycles. The third kappa shape index (κ3) is 9.08. The van der Waals surface area contributed by atoms with E-state index in [0.717, 1.165) is 22.3 Å². The number of aliphatic carboxylic acids is 2. The van der Waals surface area contributed by atoms with Crippen molar-refractivity contribution in [1.29, 1.82) is 0 Å². The third-order valence-corrected chi connectivity index (χ3v) is 9.14. The van der Waals surface area contributed by atoms with E-state index in [-0.39, 0.29) is 26.1 Å². The van der Waals surface area contributed by atoms with Crippen molar-refractivity contribution in [3.8, 4) is 11.5 Å². The monoisotopic (exact) mass is 678 g/mol. The normalized spacial score (nSPS) is 15.2. The van der Waals surface area contributed by atoms with E-state index in [1.54, 1.807) is 64.5 Å². The lowest BCUT2D eigenvalue weighted by Crippen LogP contribution is -2.57. The van der Waals surface area contributed by atoms with Crippen LogP contribution in [-0.4, -0.2) is 47.6 Å². The maximum atomic E-state index is 13.6. The van der Waals surface area contributed by atoms with Crippen LogP contribution in [0.2, 0.25) is 0 Å². The molecular weight excluding hydrogens is 632 g/mol. The predicted octanol–water partition coefficient (Wildman–Crippen LogP) is 8.56. The minimum atomic E-state index is -1.86. The zero-order valence-corrected chi connectivity index (χ0v) is 29.0. The van der Waals surface area contributed by atoms with E-state index in [1.807, 2.05) is 97.1 Å². The number of hydrogen-bond donors (Lipinski definition) is 2. The summed E-state index contributed by atoms with van der Waals surface area (Å²) in [6.07, 6.45) is 7.26. The standard InChI is InChI=1S/C42H46O8/c1-5-41(39(43)44,49-29-33-17-23-35(47-3)24-18-33)37(27-21-31-13-9-7-10-14-31)38(28-22-32-15-11-8-12-16-32)42(6-2,40(45)46)50-30-34-19-25-36(48-4)26-20-34/h7-28,37-38H,5-6,29-30H2,1-4H3,(H,43,44)(H,45,46)/b27-21+,28-22+. The fourth-order valence-electron chi connectivity index (χ4n) is 6.14. The summed E-state index contributed by atoms with van der Waals surface area (Å²) >= 11 is 0. The van der Waals surface area contributed by atoms with Gasteiger partial charge in [0, 0.05) is 11.8 Å². The highest BCUT2D eigenvalue weighted by Crippen LogP contribution is 2.44. The van der Waals surface area contributed by atoms with Gasteiger partial charge >= 0.3 is 11.9 Å². The van der Waals surface area contributed by atoms with Gasteiger partial charge < -0.3 is 29.2 Å². The van der Waals surface area contributed by atoms with Crippen molar-refractivity contribution < 1.29 is 38.7 Å². The number of hydrogen-bond acceptors (Lipinski definition) is 6. The van der Waals surface area contributed by atoms with E-state index in [2.05, 4.69) is 0 Å². The van der Waals surface area contributed by atoms with Gasteiger partial charge in [-0.3, -0.25) is 0 Å². The van der Waals surface area contributed by atoms with Crippen LogP contribution in [-0.2, 0) is 32.3 Å². The molecule has 8 heteroatoms. The van der Waals surface area contributed by atoms with Gasteiger partial charge in [0.2, 0.25) is 0 Å². The lowest BCUT2D eigenvalue weighted by Gasteiger charge is -2.45. The second-order valence-corrected chi connectivity index (χ2v) is 12.0. The second kappa shape index (κ2) is 18.0. The van der Waals surface area contributed by atoms with Gasteiger partial charge in [-0.2, -0.15) is 0 Å². The predicted molar refractivity (Wildman–Crippen MR) is 195 cm³/mol. The molecule has 0 saturated heterocycles. The highest BCUT2D eigenvalue weighted by atomic mass is 16.5. The molecule has 4 unspecified atom stereocenters. The van der Waals surface area contributed by atoms with Crippen molar-refractivity contribution in [3.63, 3.8) is 0 Å². The molecule has 0 aliphatic carbocycles. The Morgan fingerprint density at radius 3 is 1.20 bits per heavy atom. The number of carbonyl (C=O) groups is 2. The van der Waals surface area contributed by atoms with Crippen LogP contribution in [0.5, 0.6) is 11.5 Å². The number of carboxylic acid groups (broad SMARTS) is 2. The molecule has 0 heterocycles. The van der Waals surface area contributed by atoms with Crippen molar-refractivity contribution in [1.82, 2.24) is 0 Å². The summed E-state index contributed by atoms with van der Waals surface area (Å²) in [6, 6.07) is 33.3. The van der Waals surface area contributed by atoms with Crippen LogP contribution in [0.15, 0.2) is 121 Å². The number of carboxylic acids is 2. The number of methoxy groups -OCH3 is 2. The summed E-state index contributed by atoms with van der Waals surface area (Å²) in [5.74, 6) is -3.14. The molecule has 0 spiro atoms. The molecule has 0 fully saturated rings. The molecule has 0 bridgehead atoms. The summed E-state index contributed by atoms with van der Waals surface area (Å²) in [4.78, 5) is 27.3. The smallest absolute Gasteiger partial charge is 0.336 e. The Morgan fingerprint density at radius 1 is 0.580 bits per heavy atom. The van der Waals surface area contributed by atoms with Crippen molar-refractivity contribution >= 4 is 24.1 Å². The fraction of sp³-hybridized carbons (Fsp3) is 0.286. The van der Waals surface area contributed by atoms with Crippen molar-refractivity contribution in [3.05, 3.63) is 144 Å². The van der Waals surface area contributed by atoms with E-state index in [0.29, 0.717) is 11.5 Å². The maximum absolute atomic E-state index is 13.6. The minimum absolute atomic E-state index is 0.0339. The topological polar surface area (TPSA) is 112 Å². The molecule has 0 radical (unpaired) electrons. The summed E-state index contributed by atoms with van der Waals surface area (Å²) in [5.41, 5.74) is -0.603. The Bertz CT molecular complexity index is 1570. The highest BCUT2D eigenvalue weighted by molar-refractivity contribution is 5.82. The van der Waals surface area contributed by atoms with Gasteiger partial charge in [0.1, 0.15) is 11.5 Å². The molecule has 50 heavy (non-hydrogen) atoms. The van der Waals surface area contributed by atoms with E-state index < -0.39 is 35.0 Å². The molecule has 262 valence electrons. The van der Waals surface area contributed by atoms with Crippen LogP contribution in [0.4, 0.5) is 0 Å². The van der Waals surface area contributed by atoms with Gasteiger partial charge in [-0.1, -0.05) is 123 Å². The van der Waals surface area contributed by atoms with Gasteiger partial charge in [-0.15, -0.1) is 0 Å². The molecule has 0 saturated carbocycles.